The van der Waals surface area contributed by atoms with Gasteiger partial charge in [0.1, 0.15) is 23.3 Å². The summed E-state index contributed by atoms with van der Waals surface area (Å²) in [5.74, 6) is -0.709. The van der Waals surface area contributed by atoms with Crippen LogP contribution in [-0.4, -0.2) is 46.8 Å². The smallest absolute Gasteiger partial charge is 0.375 e. The molecule has 0 aliphatic rings. The lowest BCUT2D eigenvalue weighted by Crippen LogP contribution is -2.27. The van der Waals surface area contributed by atoms with Gasteiger partial charge in [0.25, 0.3) is 0 Å². The molecule has 0 spiro atoms. The second kappa shape index (κ2) is 9.97. The fraction of sp³-hybridized carbons (Fsp3) is 0.300. The monoisotopic (exact) mass is 512 g/mol. The quantitative estimate of drug-likeness (QED) is 0.330. The topological polar surface area (TPSA) is 159 Å². The molecule has 0 amide bonds. The van der Waals surface area contributed by atoms with Gasteiger partial charge in [0.15, 0.2) is 5.82 Å². The van der Waals surface area contributed by atoms with E-state index in [4.69, 9.17) is 5.73 Å². The number of halogens is 3. The van der Waals surface area contributed by atoms with Gasteiger partial charge in [-0.2, -0.15) is 18.2 Å². The molecule has 15 heteroatoms. The number of aryl methyl sites for hydroxylation is 1. The Hall–Kier alpha value is -3.56. The van der Waals surface area contributed by atoms with E-state index in [-0.39, 0.29) is 24.0 Å². The van der Waals surface area contributed by atoms with Crippen LogP contribution in [0, 0.1) is 6.92 Å². The Kier molecular flexibility index (Phi) is 7.42. The van der Waals surface area contributed by atoms with Crippen molar-refractivity contribution >= 4 is 33.3 Å². The molecule has 3 aromatic rings. The fourth-order valence-corrected chi connectivity index (χ4v) is 3.45. The molecule has 3 rings (SSSR count). The molecule has 11 nitrogen and oxygen atoms in total. The average molecular weight is 513 g/mol. The molecule has 0 aliphatic carbocycles. The summed E-state index contributed by atoms with van der Waals surface area (Å²) < 4.78 is 65.4. The number of hydrogen-bond acceptors (Lipinski definition) is 10. The van der Waals surface area contributed by atoms with E-state index < -0.39 is 33.8 Å². The molecular weight excluding hydrogens is 489 g/mol. The Morgan fingerprint density at radius 1 is 1.20 bits per heavy atom. The number of aromatic nitrogens is 4. The van der Waals surface area contributed by atoms with Crippen molar-refractivity contribution in [2.24, 2.45) is 5.73 Å². The number of aliphatic hydroxyl groups is 1. The minimum Gasteiger partial charge on any atom is -0.375 e. The number of nitrogens with zero attached hydrogens (tertiary/aromatic N) is 5. The van der Waals surface area contributed by atoms with Gasteiger partial charge in [-0.25, -0.2) is 18.4 Å². The van der Waals surface area contributed by atoms with Crippen LogP contribution in [-0.2, 0) is 22.7 Å². The lowest BCUT2D eigenvalue weighted by atomic mass is 10.1. The molecule has 2 aromatic heterocycles. The Labute approximate surface area is 199 Å². The minimum absolute atomic E-state index is 0.0405. The van der Waals surface area contributed by atoms with E-state index in [0.29, 0.717) is 23.0 Å². The maximum atomic E-state index is 13.6. The highest BCUT2D eigenvalue weighted by molar-refractivity contribution is 7.92. The Bertz CT molecular complexity index is 1320. The summed E-state index contributed by atoms with van der Waals surface area (Å²) in [6.07, 6.45) is -1.78. The van der Waals surface area contributed by atoms with Crippen LogP contribution in [0.1, 0.15) is 28.6 Å². The first-order valence-corrected chi connectivity index (χ1v) is 11.9. The number of nitrogens with two attached hydrogens (primary N) is 1. The summed E-state index contributed by atoms with van der Waals surface area (Å²) in [7, 11) is -2.42. The van der Waals surface area contributed by atoms with Crippen molar-refractivity contribution in [1.82, 2.24) is 19.9 Å². The van der Waals surface area contributed by atoms with Gasteiger partial charge in [0.05, 0.1) is 12.8 Å². The molecule has 0 aliphatic heterocycles. The SMILES string of the molecule is Cc1cc(C(N)O)ccc1Nc1ncc(C(F)(F)F)c(NCc2nccnc2N(C)S(C)(=O)=O)n1. The number of sulfonamides is 1. The minimum atomic E-state index is -4.76. The van der Waals surface area contributed by atoms with Gasteiger partial charge >= 0.3 is 6.18 Å². The second-order valence-corrected chi connectivity index (χ2v) is 9.52. The third-order valence-electron chi connectivity index (χ3n) is 4.90. The van der Waals surface area contributed by atoms with Crippen molar-refractivity contribution in [2.45, 2.75) is 25.9 Å². The number of alkyl halides is 3. The molecule has 0 bridgehead atoms. The van der Waals surface area contributed by atoms with Gasteiger partial charge in [-0.3, -0.25) is 9.29 Å². The van der Waals surface area contributed by atoms with Crippen LogP contribution in [0.25, 0.3) is 0 Å². The number of aliphatic hydroxyl groups excluding tert-OH is 1. The number of hydrogen-bond donors (Lipinski definition) is 4. The van der Waals surface area contributed by atoms with E-state index in [1.54, 1.807) is 25.1 Å². The van der Waals surface area contributed by atoms with Crippen molar-refractivity contribution < 1.29 is 26.7 Å². The molecule has 5 N–H and O–H groups in total. The molecule has 1 atom stereocenters. The van der Waals surface area contributed by atoms with Crippen LogP contribution in [0.15, 0.2) is 36.8 Å². The van der Waals surface area contributed by atoms with Gasteiger partial charge in [-0.1, -0.05) is 12.1 Å². The number of anilines is 4. The summed E-state index contributed by atoms with van der Waals surface area (Å²) in [4.78, 5) is 15.7. The summed E-state index contributed by atoms with van der Waals surface area (Å²) in [6, 6.07) is 4.75. The van der Waals surface area contributed by atoms with Crippen molar-refractivity contribution in [3.8, 4) is 0 Å². The van der Waals surface area contributed by atoms with Crippen LogP contribution in [0.3, 0.4) is 0 Å². The zero-order valence-electron chi connectivity index (χ0n) is 18.9. The summed E-state index contributed by atoms with van der Waals surface area (Å²) in [6.45, 7) is 1.41. The van der Waals surface area contributed by atoms with E-state index in [9.17, 15) is 26.7 Å². The highest BCUT2D eigenvalue weighted by Crippen LogP contribution is 2.34. The molecule has 0 fully saturated rings. The molecule has 35 heavy (non-hydrogen) atoms. The molecule has 188 valence electrons. The molecule has 0 saturated heterocycles. The highest BCUT2D eigenvalue weighted by Gasteiger charge is 2.35. The van der Waals surface area contributed by atoms with Gasteiger partial charge < -0.3 is 21.5 Å². The lowest BCUT2D eigenvalue weighted by Gasteiger charge is -2.19. The van der Waals surface area contributed by atoms with Crippen molar-refractivity contribution in [1.29, 1.82) is 0 Å². The maximum Gasteiger partial charge on any atom is 0.421 e. The third-order valence-corrected chi connectivity index (χ3v) is 6.07. The predicted octanol–water partition coefficient (Wildman–Crippen LogP) is 2.29. The lowest BCUT2D eigenvalue weighted by molar-refractivity contribution is -0.137. The van der Waals surface area contributed by atoms with E-state index in [2.05, 4.69) is 30.6 Å². The van der Waals surface area contributed by atoms with Crippen LogP contribution in [0.5, 0.6) is 0 Å². The molecular formula is C20H23F3N8O3S. The van der Waals surface area contributed by atoms with Crippen molar-refractivity contribution in [3.63, 3.8) is 0 Å². The van der Waals surface area contributed by atoms with Crippen molar-refractivity contribution in [3.05, 3.63) is 59.2 Å². The summed E-state index contributed by atoms with van der Waals surface area (Å²) >= 11 is 0. The van der Waals surface area contributed by atoms with Crippen molar-refractivity contribution in [2.75, 3.05) is 28.2 Å². The van der Waals surface area contributed by atoms with E-state index in [1.807, 2.05) is 0 Å². The fourth-order valence-electron chi connectivity index (χ4n) is 2.99. The summed E-state index contributed by atoms with van der Waals surface area (Å²) in [5.41, 5.74) is 6.02. The predicted molar refractivity (Wildman–Crippen MR) is 123 cm³/mol. The summed E-state index contributed by atoms with van der Waals surface area (Å²) in [5, 5.41) is 14.9. The van der Waals surface area contributed by atoms with Crippen LogP contribution in [0.4, 0.5) is 36.4 Å². The molecule has 2 heterocycles. The number of benzene rings is 1. The first-order chi connectivity index (χ1) is 16.3. The van der Waals surface area contributed by atoms with Crippen LogP contribution < -0.4 is 20.7 Å². The zero-order chi connectivity index (χ0) is 26.0. The second-order valence-electron chi connectivity index (χ2n) is 7.51. The highest BCUT2D eigenvalue weighted by atomic mass is 32.2. The molecule has 0 radical (unpaired) electrons. The van der Waals surface area contributed by atoms with Gasteiger partial charge in [0, 0.05) is 31.3 Å². The van der Waals surface area contributed by atoms with Gasteiger partial charge in [0.2, 0.25) is 16.0 Å². The Morgan fingerprint density at radius 2 is 1.89 bits per heavy atom. The number of nitrogens with one attached hydrogen (secondary N) is 2. The normalized spacial score (nSPS) is 12.8. The first-order valence-electron chi connectivity index (χ1n) is 10.0. The third kappa shape index (κ3) is 6.32. The average Bonchev–Trinajstić information content (AvgIpc) is 2.77. The Balaban J connectivity index is 1.92. The molecule has 0 saturated carbocycles. The first kappa shape index (κ1) is 26.1. The van der Waals surface area contributed by atoms with E-state index in [1.165, 1.54) is 19.4 Å². The Morgan fingerprint density at radius 3 is 2.49 bits per heavy atom. The van der Waals surface area contributed by atoms with Gasteiger partial charge in [-0.15, -0.1) is 0 Å². The standard InChI is InChI=1S/C20H23F3N8O3S/c1-11-8-12(16(24)32)4-5-14(11)29-19-28-9-13(20(21,22)23)17(30-19)27-10-15-18(26-7-6-25-15)31(2)35(3,33)34/h4-9,16,32H,10,24H2,1-3H3,(H2,27,28,29,30). The largest absolute Gasteiger partial charge is 0.421 e. The van der Waals surface area contributed by atoms with Crippen LogP contribution in [0.2, 0.25) is 0 Å². The maximum absolute atomic E-state index is 13.6. The molecule has 1 aromatic carbocycles. The van der Waals surface area contributed by atoms with Gasteiger partial charge in [-0.05, 0) is 24.1 Å². The number of rotatable bonds is 8. The molecule has 1 unspecified atom stereocenters. The zero-order valence-corrected chi connectivity index (χ0v) is 19.7. The van der Waals surface area contributed by atoms with E-state index >= 15 is 0 Å². The van der Waals surface area contributed by atoms with Crippen LogP contribution >= 0.6 is 0 Å². The van der Waals surface area contributed by atoms with E-state index in [0.717, 1.165) is 10.6 Å².